The number of hydrogen-bond acceptors (Lipinski definition) is 15. The first-order chi connectivity index (χ1) is 32.0. The number of esters is 2. The van der Waals surface area contributed by atoms with Crippen LogP contribution in [0.5, 0.6) is 0 Å². The molecule has 2 rings (SSSR count). The van der Waals surface area contributed by atoms with Crippen molar-refractivity contribution in [3.05, 3.63) is 72.9 Å². The molecular formula is C51H84O15. The third kappa shape index (κ3) is 25.9. The van der Waals surface area contributed by atoms with Gasteiger partial charge in [0.25, 0.3) is 0 Å². The van der Waals surface area contributed by atoms with Crippen LogP contribution < -0.4 is 0 Å². The Balaban J connectivity index is 1.85. The number of rotatable bonds is 36. The summed E-state index contributed by atoms with van der Waals surface area (Å²) in [5.41, 5.74) is 0. The van der Waals surface area contributed by atoms with E-state index in [1.807, 2.05) is 36.5 Å². The Kier molecular flexibility index (Phi) is 33.9. The van der Waals surface area contributed by atoms with Crippen molar-refractivity contribution in [2.45, 2.75) is 210 Å². The fourth-order valence-electron chi connectivity index (χ4n) is 7.22. The monoisotopic (exact) mass is 937 g/mol. The van der Waals surface area contributed by atoms with Crippen LogP contribution in [-0.2, 0) is 38.0 Å². The van der Waals surface area contributed by atoms with Crippen LogP contribution in [0.25, 0.3) is 0 Å². The summed E-state index contributed by atoms with van der Waals surface area (Å²) in [7, 11) is 0. The van der Waals surface area contributed by atoms with Gasteiger partial charge in [-0.25, -0.2) is 0 Å². The molecule has 7 N–H and O–H groups in total. The minimum absolute atomic E-state index is 0.138. The summed E-state index contributed by atoms with van der Waals surface area (Å²) in [4.78, 5) is 25.7. The quantitative estimate of drug-likeness (QED) is 0.0209. The van der Waals surface area contributed by atoms with E-state index in [2.05, 4.69) is 50.3 Å². The highest BCUT2D eigenvalue weighted by molar-refractivity contribution is 5.70. The molecule has 66 heavy (non-hydrogen) atoms. The Bertz CT molecular complexity index is 1430. The van der Waals surface area contributed by atoms with Crippen LogP contribution in [0, 0.1) is 0 Å². The summed E-state index contributed by atoms with van der Waals surface area (Å²) in [5, 5.41) is 72.0. The normalized spacial score (nSPS) is 26.8. The van der Waals surface area contributed by atoms with Gasteiger partial charge in [0.1, 0.15) is 55.4 Å². The van der Waals surface area contributed by atoms with E-state index in [1.54, 1.807) is 0 Å². The van der Waals surface area contributed by atoms with Gasteiger partial charge >= 0.3 is 11.9 Å². The first-order valence-electron chi connectivity index (χ1n) is 24.6. The molecule has 0 amide bonds. The van der Waals surface area contributed by atoms with Gasteiger partial charge in [0.05, 0.1) is 19.8 Å². The molecule has 0 aromatic rings. The second-order valence-corrected chi connectivity index (χ2v) is 17.0. The molecule has 2 aliphatic heterocycles. The van der Waals surface area contributed by atoms with E-state index in [1.165, 1.54) is 25.7 Å². The molecule has 2 saturated heterocycles. The van der Waals surface area contributed by atoms with E-state index in [0.717, 1.165) is 77.0 Å². The molecule has 0 aromatic heterocycles. The lowest BCUT2D eigenvalue weighted by molar-refractivity contribution is -0.332. The fraction of sp³-hybridized carbons (Fsp3) is 0.725. The number of ether oxygens (including phenoxy) is 6. The zero-order chi connectivity index (χ0) is 48.2. The standard InChI is InChI=1S/C51H84O15/c1-3-5-7-9-11-13-15-17-19-21-23-25-27-29-31-33-42(53)61-36-39(64-43(54)34-32-30-28-26-24-22-20-18-16-14-12-10-8-6-4-2)37-62-50-49(60)47(58)45(56)41(66-50)38-63-51-48(59)46(57)44(55)40(35-52)65-51/h5,7,9,11,13-20,39-41,44-52,55-60H,3-4,6,8,10,12,21-38H2,1-2H3/b7-5+,11-9+,15-13+,16-14+,19-17+,20-18+/t39-,40-,41-,44+,45+,46?,47?,48?,49?,50-,51-/m1/s1. The Morgan fingerprint density at radius 1 is 0.500 bits per heavy atom. The van der Waals surface area contributed by atoms with Crippen LogP contribution in [0.15, 0.2) is 72.9 Å². The number of carbonyl (C=O) groups is 2. The smallest absolute Gasteiger partial charge is 0.306 e. The van der Waals surface area contributed by atoms with Gasteiger partial charge < -0.3 is 64.2 Å². The van der Waals surface area contributed by atoms with Crippen LogP contribution >= 0.6 is 0 Å². The van der Waals surface area contributed by atoms with Crippen molar-refractivity contribution >= 4 is 11.9 Å². The molecule has 2 fully saturated rings. The molecule has 11 atom stereocenters. The number of aliphatic hydroxyl groups is 7. The van der Waals surface area contributed by atoms with Gasteiger partial charge in [-0.15, -0.1) is 0 Å². The molecule has 0 aromatic carbocycles. The fourth-order valence-corrected chi connectivity index (χ4v) is 7.22. The van der Waals surface area contributed by atoms with Crippen molar-refractivity contribution in [2.24, 2.45) is 0 Å². The zero-order valence-corrected chi connectivity index (χ0v) is 39.6. The third-order valence-electron chi connectivity index (χ3n) is 11.3. The van der Waals surface area contributed by atoms with Crippen molar-refractivity contribution in [1.29, 1.82) is 0 Å². The predicted molar refractivity (Wildman–Crippen MR) is 252 cm³/mol. The van der Waals surface area contributed by atoms with Gasteiger partial charge in [0.2, 0.25) is 0 Å². The number of allylic oxidation sites excluding steroid dienone is 12. The maximum atomic E-state index is 13.0. The van der Waals surface area contributed by atoms with Crippen LogP contribution in [-0.4, -0.2) is 142 Å². The third-order valence-corrected chi connectivity index (χ3v) is 11.3. The molecule has 0 saturated carbocycles. The Morgan fingerprint density at radius 2 is 0.955 bits per heavy atom. The van der Waals surface area contributed by atoms with Crippen LogP contribution in [0.2, 0.25) is 0 Å². The first kappa shape index (κ1) is 59.1. The average Bonchev–Trinajstić information content (AvgIpc) is 3.31. The number of carbonyl (C=O) groups excluding carboxylic acids is 2. The SMILES string of the molecule is CC/C=C/C=C/C=C/C=C/CCCCCCCC(=O)OC[C@H](CO[C@@H]1O[C@H](CO[C@@H]2O[C@H](CO)[C@H](O)C(O)C2O)[C@H](O)C(O)C1O)OC(=O)CCCCCCC/C=C/C=C/CCCCCC. The molecule has 2 aliphatic rings. The molecule has 15 heteroatoms. The van der Waals surface area contributed by atoms with Crippen molar-refractivity contribution in [2.75, 3.05) is 26.4 Å². The maximum absolute atomic E-state index is 13.0. The lowest BCUT2D eigenvalue weighted by Crippen LogP contribution is -2.61. The predicted octanol–water partition coefficient (Wildman–Crippen LogP) is 6.26. The Morgan fingerprint density at radius 3 is 1.52 bits per heavy atom. The largest absolute Gasteiger partial charge is 0.462 e. The minimum Gasteiger partial charge on any atom is -0.462 e. The van der Waals surface area contributed by atoms with E-state index in [-0.39, 0.29) is 19.4 Å². The van der Waals surface area contributed by atoms with E-state index in [4.69, 9.17) is 28.4 Å². The average molecular weight is 937 g/mol. The van der Waals surface area contributed by atoms with Gasteiger partial charge in [0.15, 0.2) is 18.7 Å². The molecule has 4 unspecified atom stereocenters. The van der Waals surface area contributed by atoms with E-state index in [9.17, 15) is 45.3 Å². The minimum atomic E-state index is -1.77. The topological polar surface area (TPSA) is 231 Å². The Labute approximate surface area is 393 Å². The molecule has 378 valence electrons. The van der Waals surface area contributed by atoms with Crippen molar-refractivity contribution in [3.8, 4) is 0 Å². The van der Waals surface area contributed by atoms with Crippen LogP contribution in [0.3, 0.4) is 0 Å². The molecule has 0 aliphatic carbocycles. The van der Waals surface area contributed by atoms with Crippen molar-refractivity contribution in [1.82, 2.24) is 0 Å². The van der Waals surface area contributed by atoms with E-state index >= 15 is 0 Å². The second-order valence-electron chi connectivity index (χ2n) is 17.0. The molecule has 0 bridgehead atoms. The summed E-state index contributed by atoms with van der Waals surface area (Å²) < 4.78 is 33.5. The maximum Gasteiger partial charge on any atom is 0.306 e. The molecular weight excluding hydrogens is 853 g/mol. The van der Waals surface area contributed by atoms with Gasteiger partial charge in [-0.2, -0.15) is 0 Å². The lowest BCUT2D eigenvalue weighted by atomic mass is 9.98. The summed E-state index contributed by atoms with van der Waals surface area (Å²) >= 11 is 0. The lowest BCUT2D eigenvalue weighted by Gasteiger charge is -2.42. The summed E-state index contributed by atoms with van der Waals surface area (Å²) in [6, 6.07) is 0. The summed E-state index contributed by atoms with van der Waals surface area (Å²) in [6.45, 7) is 2.36. The highest BCUT2D eigenvalue weighted by atomic mass is 16.7. The highest BCUT2D eigenvalue weighted by Gasteiger charge is 2.47. The van der Waals surface area contributed by atoms with Crippen LogP contribution in [0.4, 0.5) is 0 Å². The van der Waals surface area contributed by atoms with E-state index in [0.29, 0.717) is 12.8 Å². The van der Waals surface area contributed by atoms with Crippen LogP contribution in [0.1, 0.15) is 142 Å². The highest BCUT2D eigenvalue weighted by Crippen LogP contribution is 2.26. The zero-order valence-electron chi connectivity index (χ0n) is 39.6. The molecule has 15 nitrogen and oxygen atoms in total. The van der Waals surface area contributed by atoms with Gasteiger partial charge in [-0.05, 0) is 57.8 Å². The molecule has 0 radical (unpaired) electrons. The number of unbranched alkanes of at least 4 members (excludes halogenated alkanes) is 14. The molecule has 2 heterocycles. The summed E-state index contributed by atoms with van der Waals surface area (Å²) in [5.74, 6) is -0.978. The van der Waals surface area contributed by atoms with Crippen molar-refractivity contribution < 1.29 is 73.8 Å². The Hall–Kier alpha value is -3.06. The van der Waals surface area contributed by atoms with Gasteiger partial charge in [-0.1, -0.05) is 145 Å². The first-order valence-corrected chi connectivity index (χ1v) is 24.6. The van der Waals surface area contributed by atoms with Crippen molar-refractivity contribution in [3.63, 3.8) is 0 Å². The van der Waals surface area contributed by atoms with E-state index < -0.39 is 99.3 Å². The molecule has 0 spiro atoms. The number of aliphatic hydroxyl groups excluding tert-OH is 7. The van der Waals surface area contributed by atoms with Gasteiger partial charge in [-0.3, -0.25) is 9.59 Å². The number of hydrogen-bond donors (Lipinski definition) is 7. The summed E-state index contributed by atoms with van der Waals surface area (Å²) in [6.07, 6.45) is 26.4. The second kappa shape index (κ2) is 37.9. The van der Waals surface area contributed by atoms with Gasteiger partial charge in [0, 0.05) is 12.8 Å².